The van der Waals surface area contributed by atoms with Crippen molar-refractivity contribution in [1.29, 1.82) is 0 Å². The Balaban J connectivity index is 0.00000264. The van der Waals surface area contributed by atoms with Crippen LogP contribution in [0, 0.1) is 0 Å². The Hall–Kier alpha value is -0.340. The molecule has 0 heterocycles. The Labute approximate surface area is 165 Å². The van der Waals surface area contributed by atoms with E-state index in [0.717, 1.165) is 17.0 Å². The fraction of sp³-hybridized carbons (Fsp3) is 0.588. The van der Waals surface area contributed by atoms with E-state index in [4.69, 9.17) is 4.74 Å². The van der Waals surface area contributed by atoms with Gasteiger partial charge in [0.25, 0.3) is 0 Å². The van der Waals surface area contributed by atoms with Gasteiger partial charge in [-0.1, -0.05) is 28.1 Å². The molecule has 0 unspecified atom stereocenters. The Kier molecular flexibility index (Phi) is 7.80. The predicted molar refractivity (Wildman–Crippen MR) is 111 cm³/mol. The molecule has 1 aromatic carbocycles. The first kappa shape index (κ1) is 20.7. The zero-order valence-electron chi connectivity index (χ0n) is 14.3. The maximum absolute atomic E-state index is 5.42. The van der Waals surface area contributed by atoms with Gasteiger partial charge in [0.2, 0.25) is 0 Å². The lowest BCUT2D eigenvalue weighted by Crippen LogP contribution is -2.47. The largest absolute Gasteiger partial charge is 0.377 e. The summed E-state index contributed by atoms with van der Waals surface area (Å²) in [5, 5.41) is 6.78. The van der Waals surface area contributed by atoms with Gasteiger partial charge >= 0.3 is 0 Å². The number of benzene rings is 1. The number of rotatable bonds is 6. The van der Waals surface area contributed by atoms with Gasteiger partial charge in [-0.25, -0.2) is 0 Å². The van der Waals surface area contributed by atoms with Crippen molar-refractivity contribution in [2.75, 3.05) is 27.2 Å². The van der Waals surface area contributed by atoms with Gasteiger partial charge in [0.1, 0.15) is 0 Å². The van der Waals surface area contributed by atoms with Crippen molar-refractivity contribution in [2.24, 2.45) is 4.99 Å². The van der Waals surface area contributed by atoms with Crippen LogP contribution in [0.15, 0.2) is 33.7 Å². The first-order chi connectivity index (χ1) is 10.4. The molecule has 2 N–H and O–H groups in total. The van der Waals surface area contributed by atoms with E-state index in [9.17, 15) is 0 Å². The molecule has 0 bridgehead atoms. The third kappa shape index (κ3) is 5.90. The van der Waals surface area contributed by atoms with Gasteiger partial charge in [-0.15, -0.1) is 24.0 Å². The maximum atomic E-state index is 5.42. The van der Waals surface area contributed by atoms with Gasteiger partial charge in [-0.3, -0.25) is 4.99 Å². The van der Waals surface area contributed by atoms with Crippen LogP contribution in [0.3, 0.4) is 0 Å². The normalized spacial score (nSPS) is 16.5. The average Bonchev–Trinajstić information content (AvgIpc) is 3.29. The number of aliphatic imine (C=N–C) groups is 1. The van der Waals surface area contributed by atoms with Crippen molar-refractivity contribution in [3.05, 3.63) is 34.3 Å². The number of ether oxygens (including phenoxy) is 1. The van der Waals surface area contributed by atoms with E-state index in [1.807, 2.05) is 0 Å². The van der Waals surface area contributed by atoms with Crippen LogP contribution < -0.4 is 10.6 Å². The number of hydrogen-bond acceptors (Lipinski definition) is 2. The summed E-state index contributed by atoms with van der Waals surface area (Å²) in [6, 6.07) is 8.61. The van der Waals surface area contributed by atoms with Crippen LogP contribution in [-0.2, 0) is 10.2 Å². The molecule has 0 radical (unpaired) electrons. The van der Waals surface area contributed by atoms with E-state index in [1.165, 1.54) is 18.4 Å². The average molecular weight is 496 g/mol. The minimum absolute atomic E-state index is 0. The van der Waals surface area contributed by atoms with Crippen molar-refractivity contribution < 1.29 is 4.74 Å². The van der Waals surface area contributed by atoms with Crippen LogP contribution in [0.2, 0.25) is 0 Å². The van der Waals surface area contributed by atoms with Gasteiger partial charge in [0.15, 0.2) is 5.96 Å². The van der Waals surface area contributed by atoms with Gasteiger partial charge in [-0.05, 0) is 44.4 Å². The van der Waals surface area contributed by atoms with Crippen molar-refractivity contribution in [1.82, 2.24) is 10.6 Å². The Morgan fingerprint density at radius 3 is 2.57 bits per heavy atom. The summed E-state index contributed by atoms with van der Waals surface area (Å²) < 4.78 is 6.56. The number of guanidine groups is 1. The molecule has 1 aliphatic rings. The summed E-state index contributed by atoms with van der Waals surface area (Å²) in [7, 11) is 3.53. The Morgan fingerprint density at radius 2 is 2.04 bits per heavy atom. The predicted octanol–water partition coefficient (Wildman–Crippen LogP) is 3.69. The summed E-state index contributed by atoms with van der Waals surface area (Å²) in [5.74, 6) is 0.825. The molecule has 0 aliphatic heterocycles. The molecule has 0 atom stereocenters. The van der Waals surface area contributed by atoms with E-state index in [0.29, 0.717) is 6.54 Å². The first-order valence-corrected chi connectivity index (χ1v) is 8.46. The lowest BCUT2D eigenvalue weighted by atomic mass is 9.96. The summed E-state index contributed by atoms with van der Waals surface area (Å²) in [6.45, 7) is 5.72. The first-order valence-electron chi connectivity index (χ1n) is 7.66. The van der Waals surface area contributed by atoms with Crippen LogP contribution in [0.4, 0.5) is 0 Å². The summed E-state index contributed by atoms with van der Waals surface area (Å²) in [5.41, 5.74) is 1.43. The molecule has 0 aromatic heterocycles. The minimum atomic E-state index is -0.209. The number of nitrogens with one attached hydrogen (secondary N) is 2. The molecule has 1 aromatic rings. The fourth-order valence-corrected chi connectivity index (χ4v) is 2.78. The number of halogens is 2. The van der Waals surface area contributed by atoms with Gasteiger partial charge in [0, 0.05) is 37.1 Å². The van der Waals surface area contributed by atoms with Crippen molar-refractivity contribution in [3.8, 4) is 0 Å². The standard InChI is InChI=1S/C17H26BrN3O.HI/c1-16(2,22-4)11-20-15(19-3)21-12-17(8-9-17)13-6-5-7-14(18)10-13;/h5-7,10H,8-9,11-12H2,1-4H3,(H2,19,20,21);1H. The van der Waals surface area contributed by atoms with Crippen LogP contribution >= 0.6 is 39.9 Å². The quantitative estimate of drug-likeness (QED) is 0.359. The van der Waals surface area contributed by atoms with E-state index in [1.54, 1.807) is 14.2 Å². The molecule has 0 saturated heterocycles. The molecular weight excluding hydrogens is 469 g/mol. The number of nitrogens with zero attached hydrogens (tertiary/aromatic N) is 1. The Bertz CT molecular complexity index is 544. The molecule has 0 amide bonds. The fourth-order valence-electron chi connectivity index (χ4n) is 2.38. The van der Waals surface area contributed by atoms with Gasteiger partial charge in [-0.2, -0.15) is 0 Å². The molecule has 0 spiro atoms. The van der Waals surface area contributed by atoms with E-state index in [2.05, 4.69) is 69.7 Å². The van der Waals surface area contributed by atoms with E-state index < -0.39 is 0 Å². The van der Waals surface area contributed by atoms with Gasteiger partial charge in [0.05, 0.1) is 5.60 Å². The maximum Gasteiger partial charge on any atom is 0.191 e. The van der Waals surface area contributed by atoms with Crippen LogP contribution in [0.25, 0.3) is 0 Å². The molecule has 2 rings (SSSR count). The molecule has 1 aliphatic carbocycles. The highest BCUT2D eigenvalue weighted by molar-refractivity contribution is 14.0. The lowest BCUT2D eigenvalue weighted by molar-refractivity contribution is 0.0268. The van der Waals surface area contributed by atoms with Crippen LogP contribution in [0.1, 0.15) is 32.3 Å². The SMILES string of the molecule is CN=C(NCC(C)(C)OC)NCC1(c2cccc(Br)c2)CC1.I. The topological polar surface area (TPSA) is 45.7 Å². The number of methoxy groups -OCH3 is 1. The molecule has 130 valence electrons. The van der Waals surface area contributed by atoms with Gasteiger partial charge < -0.3 is 15.4 Å². The summed E-state index contributed by atoms with van der Waals surface area (Å²) >= 11 is 3.56. The second kappa shape index (κ2) is 8.67. The third-order valence-electron chi connectivity index (χ3n) is 4.34. The second-order valence-corrected chi connectivity index (χ2v) is 7.45. The molecule has 1 saturated carbocycles. The van der Waals surface area contributed by atoms with Crippen molar-refractivity contribution in [3.63, 3.8) is 0 Å². The lowest BCUT2D eigenvalue weighted by Gasteiger charge is -2.25. The number of hydrogen-bond donors (Lipinski definition) is 2. The zero-order chi connectivity index (χ0) is 16.2. The minimum Gasteiger partial charge on any atom is -0.377 e. The molecule has 23 heavy (non-hydrogen) atoms. The highest BCUT2D eigenvalue weighted by atomic mass is 127. The molecular formula is C17H27BrIN3O. The molecule has 4 nitrogen and oxygen atoms in total. The highest BCUT2D eigenvalue weighted by Crippen LogP contribution is 2.48. The zero-order valence-corrected chi connectivity index (χ0v) is 18.2. The van der Waals surface area contributed by atoms with E-state index >= 15 is 0 Å². The molecule has 6 heteroatoms. The summed E-state index contributed by atoms with van der Waals surface area (Å²) in [6.07, 6.45) is 2.44. The van der Waals surface area contributed by atoms with Crippen LogP contribution in [-0.4, -0.2) is 38.8 Å². The molecule has 1 fully saturated rings. The second-order valence-electron chi connectivity index (χ2n) is 6.53. The smallest absolute Gasteiger partial charge is 0.191 e. The van der Waals surface area contributed by atoms with Crippen molar-refractivity contribution in [2.45, 2.75) is 37.7 Å². The van der Waals surface area contributed by atoms with E-state index in [-0.39, 0.29) is 35.0 Å². The Morgan fingerprint density at radius 1 is 1.35 bits per heavy atom. The highest BCUT2D eigenvalue weighted by Gasteiger charge is 2.44. The van der Waals surface area contributed by atoms with Crippen molar-refractivity contribution >= 4 is 45.9 Å². The monoisotopic (exact) mass is 495 g/mol. The van der Waals surface area contributed by atoms with Crippen LogP contribution in [0.5, 0.6) is 0 Å². The summed E-state index contributed by atoms with van der Waals surface area (Å²) in [4.78, 5) is 4.30. The third-order valence-corrected chi connectivity index (χ3v) is 4.84.